The van der Waals surface area contributed by atoms with Gasteiger partial charge in [-0.2, -0.15) is 18.3 Å². The van der Waals surface area contributed by atoms with Gasteiger partial charge in [0.2, 0.25) is 6.08 Å². The van der Waals surface area contributed by atoms with E-state index in [0.29, 0.717) is 0 Å². The largest absolute Gasteiger partial charge is 0.436 e. The molecule has 0 unspecified atom stereocenters. The van der Waals surface area contributed by atoms with Crippen LogP contribution in [0.5, 0.6) is 0 Å². The second kappa shape index (κ2) is 3.43. The minimum absolute atomic E-state index is 0.367. The van der Waals surface area contributed by atoms with Gasteiger partial charge in [0.15, 0.2) is 11.5 Å². The lowest BCUT2D eigenvalue weighted by atomic mass is 10.4. The molecule has 0 aliphatic carbocycles. The quantitative estimate of drug-likeness (QED) is 0.543. The van der Waals surface area contributed by atoms with Crippen LogP contribution in [0.1, 0.15) is 5.69 Å². The van der Waals surface area contributed by atoms with Crippen molar-refractivity contribution in [1.29, 1.82) is 0 Å². The van der Waals surface area contributed by atoms with Crippen LogP contribution in [-0.2, 0) is 18.0 Å². The van der Waals surface area contributed by atoms with Crippen molar-refractivity contribution in [2.45, 2.75) is 6.18 Å². The molecule has 0 saturated carbocycles. The van der Waals surface area contributed by atoms with Crippen molar-refractivity contribution in [3.63, 3.8) is 0 Å². The Morgan fingerprint density at radius 2 is 2.14 bits per heavy atom. The van der Waals surface area contributed by atoms with E-state index >= 15 is 0 Å². The number of alkyl halides is 3. The number of isocyanates is 1. The number of aliphatic imine (C=N–C) groups is 1. The van der Waals surface area contributed by atoms with Crippen molar-refractivity contribution in [3.8, 4) is 0 Å². The van der Waals surface area contributed by atoms with Gasteiger partial charge in [-0.15, -0.1) is 4.99 Å². The van der Waals surface area contributed by atoms with Gasteiger partial charge in [-0.3, -0.25) is 0 Å². The zero-order valence-corrected chi connectivity index (χ0v) is 7.52. The van der Waals surface area contributed by atoms with E-state index in [0.717, 1.165) is 10.8 Å². The van der Waals surface area contributed by atoms with E-state index in [4.69, 9.17) is 11.6 Å². The zero-order valence-electron chi connectivity index (χ0n) is 6.76. The second-order valence-electron chi connectivity index (χ2n) is 2.31. The maximum Gasteiger partial charge on any atom is 0.436 e. The fourth-order valence-electron chi connectivity index (χ4n) is 0.835. The Morgan fingerprint density at radius 1 is 1.57 bits per heavy atom. The summed E-state index contributed by atoms with van der Waals surface area (Å²) < 4.78 is 37.3. The Balaban J connectivity index is 3.38. The van der Waals surface area contributed by atoms with Crippen molar-refractivity contribution in [2.75, 3.05) is 0 Å². The third-order valence-electron chi connectivity index (χ3n) is 1.38. The van der Waals surface area contributed by atoms with E-state index in [9.17, 15) is 18.0 Å². The van der Waals surface area contributed by atoms with Gasteiger partial charge in [-0.05, 0) is 0 Å². The van der Waals surface area contributed by atoms with Crippen LogP contribution >= 0.6 is 11.6 Å². The highest BCUT2D eigenvalue weighted by Crippen LogP contribution is 2.38. The molecule has 0 bridgehead atoms. The Morgan fingerprint density at radius 3 is 2.50 bits per heavy atom. The molecule has 4 nitrogen and oxygen atoms in total. The van der Waals surface area contributed by atoms with Gasteiger partial charge < -0.3 is 0 Å². The summed E-state index contributed by atoms with van der Waals surface area (Å²) in [5, 5.41) is 2.38. The molecule has 0 fully saturated rings. The summed E-state index contributed by atoms with van der Waals surface area (Å²) in [6.07, 6.45) is -3.57. The Bertz CT molecular complexity index is 405. The normalized spacial score (nSPS) is 11.2. The zero-order chi connectivity index (χ0) is 10.9. The Labute approximate surface area is 81.0 Å². The molecule has 0 spiro atoms. The molecule has 0 atom stereocenters. The molecule has 0 saturated heterocycles. The van der Waals surface area contributed by atoms with Gasteiger partial charge in [0.05, 0.1) is 0 Å². The number of rotatable bonds is 1. The average Bonchev–Trinajstić information content (AvgIpc) is 2.31. The van der Waals surface area contributed by atoms with Crippen molar-refractivity contribution < 1.29 is 18.0 Å². The molecule has 1 rings (SSSR count). The average molecular weight is 226 g/mol. The summed E-state index contributed by atoms with van der Waals surface area (Å²) in [4.78, 5) is 12.9. The maximum absolute atomic E-state index is 12.2. The van der Waals surface area contributed by atoms with Crippen LogP contribution in [0, 0.1) is 0 Å². The monoisotopic (exact) mass is 225 g/mol. The molecule has 0 N–H and O–H groups in total. The summed E-state index contributed by atoms with van der Waals surface area (Å²) in [5.41, 5.74) is -1.27. The first-order valence-corrected chi connectivity index (χ1v) is 3.63. The molecular weight excluding hydrogens is 223 g/mol. The van der Waals surface area contributed by atoms with Crippen LogP contribution in [-0.4, -0.2) is 15.9 Å². The molecular formula is C6H3ClF3N3O. The standard InChI is InChI=1S/C6H3ClF3N3O/c1-13-5(11-2-14)3(7)4(12-13)6(8,9)10/h1H3. The van der Waals surface area contributed by atoms with Crippen molar-refractivity contribution >= 4 is 23.5 Å². The number of hydrogen-bond acceptors (Lipinski definition) is 3. The molecule has 76 valence electrons. The molecule has 0 aliphatic heterocycles. The molecule has 1 aromatic rings. The summed E-state index contributed by atoms with van der Waals surface area (Å²) in [6.45, 7) is 0. The lowest BCUT2D eigenvalue weighted by Crippen LogP contribution is -2.07. The van der Waals surface area contributed by atoms with E-state index in [1.165, 1.54) is 7.05 Å². The Hall–Kier alpha value is -1.33. The molecule has 1 heterocycles. The molecule has 0 radical (unpaired) electrons. The van der Waals surface area contributed by atoms with Crippen LogP contribution < -0.4 is 0 Å². The molecule has 0 amide bonds. The van der Waals surface area contributed by atoms with Gasteiger partial charge in [0, 0.05) is 7.05 Å². The number of aromatic nitrogens is 2. The lowest BCUT2D eigenvalue weighted by Gasteiger charge is -2.00. The lowest BCUT2D eigenvalue weighted by molar-refractivity contribution is -0.141. The molecule has 0 aliphatic rings. The van der Waals surface area contributed by atoms with Crippen LogP contribution in [0.25, 0.3) is 0 Å². The van der Waals surface area contributed by atoms with Crippen LogP contribution in [0.15, 0.2) is 4.99 Å². The molecule has 14 heavy (non-hydrogen) atoms. The van der Waals surface area contributed by atoms with Gasteiger partial charge in [0.1, 0.15) is 5.02 Å². The van der Waals surface area contributed by atoms with Crippen LogP contribution in [0.4, 0.5) is 19.0 Å². The van der Waals surface area contributed by atoms with E-state index in [1.54, 1.807) is 0 Å². The third-order valence-corrected chi connectivity index (χ3v) is 1.73. The van der Waals surface area contributed by atoms with Gasteiger partial charge >= 0.3 is 6.18 Å². The number of nitrogens with zero attached hydrogens (tertiary/aromatic N) is 3. The second-order valence-corrected chi connectivity index (χ2v) is 2.69. The molecule has 0 aromatic carbocycles. The first-order chi connectivity index (χ1) is 6.38. The van der Waals surface area contributed by atoms with Gasteiger partial charge in [-0.1, -0.05) is 11.6 Å². The van der Waals surface area contributed by atoms with Crippen LogP contribution in [0.3, 0.4) is 0 Å². The van der Waals surface area contributed by atoms with Crippen molar-refractivity contribution in [1.82, 2.24) is 9.78 Å². The Kier molecular flexibility index (Phi) is 2.64. The summed E-state index contributed by atoms with van der Waals surface area (Å²) in [7, 11) is 1.19. The molecule has 1 aromatic heterocycles. The third kappa shape index (κ3) is 1.78. The SMILES string of the molecule is Cn1nc(C(F)(F)F)c(Cl)c1N=C=O. The van der Waals surface area contributed by atoms with E-state index < -0.39 is 16.9 Å². The number of hydrogen-bond donors (Lipinski definition) is 0. The first-order valence-electron chi connectivity index (χ1n) is 3.25. The molecule has 8 heteroatoms. The highest BCUT2D eigenvalue weighted by atomic mass is 35.5. The van der Waals surface area contributed by atoms with Gasteiger partial charge in [-0.25, -0.2) is 9.48 Å². The van der Waals surface area contributed by atoms with E-state index in [1.807, 2.05) is 0 Å². The summed E-state index contributed by atoms with van der Waals surface area (Å²) in [6, 6.07) is 0. The minimum atomic E-state index is -4.66. The number of halogens is 4. The predicted octanol–water partition coefficient (Wildman–Crippen LogP) is 2.06. The summed E-state index contributed by atoms with van der Waals surface area (Å²) in [5.74, 6) is -0.367. The maximum atomic E-state index is 12.2. The fraction of sp³-hybridized carbons (Fsp3) is 0.333. The smallest absolute Gasteiger partial charge is 0.248 e. The number of aryl methyl sites for hydroxylation is 1. The van der Waals surface area contributed by atoms with Gasteiger partial charge in [0.25, 0.3) is 0 Å². The highest BCUT2D eigenvalue weighted by Gasteiger charge is 2.38. The van der Waals surface area contributed by atoms with Crippen molar-refractivity contribution in [3.05, 3.63) is 10.7 Å². The van der Waals surface area contributed by atoms with Crippen LogP contribution in [0.2, 0.25) is 5.02 Å². The van der Waals surface area contributed by atoms with E-state index in [2.05, 4.69) is 10.1 Å². The highest BCUT2D eigenvalue weighted by molar-refractivity contribution is 6.33. The first kappa shape index (κ1) is 10.7. The number of carbonyl (C=O) groups excluding carboxylic acids is 1. The van der Waals surface area contributed by atoms with E-state index in [-0.39, 0.29) is 5.82 Å². The topological polar surface area (TPSA) is 47.2 Å². The fourth-order valence-corrected chi connectivity index (χ4v) is 1.14. The minimum Gasteiger partial charge on any atom is -0.248 e. The predicted molar refractivity (Wildman–Crippen MR) is 41.0 cm³/mol. The summed E-state index contributed by atoms with van der Waals surface area (Å²) >= 11 is 5.32. The van der Waals surface area contributed by atoms with Crippen molar-refractivity contribution in [2.24, 2.45) is 12.0 Å².